The fourth-order valence-electron chi connectivity index (χ4n) is 0.513. The van der Waals surface area contributed by atoms with E-state index in [1.54, 1.807) is 0 Å². The maximum absolute atomic E-state index is 8.71. The molecule has 0 aromatic heterocycles. The molecule has 2 heteroatoms. The zero-order valence-electron chi connectivity index (χ0n) is 4.33. The van der Waals surface area contributed by atoms with Crippen molar-refractivity contribution in [2.45, 2.75) is 0 Å². The van der Waals surface area contributed by atoms with Crippen molar-refractivity contribution in [1.29, 1.82) is 0 Å². The summed E-state index contributed by atoms with van der Waals surface area (Å²) in [4.78, 5) is 0. The van der Waals surface area contributed by atoms with Gasteiger partial charge in [0.15, 0.2) is 0 Å². The number of rotatable bonds is 1. The predicted molar refractivity (Wildman–Crippen MR) is 34.0 cm³/mol. The van der Waals surface area contributed by atoms with E-state index in [1.807, 2.05) is 30.3 Å². The van der Waals surface area contributed by atoms with Crippen molar-refractivity contribution in [2.75, 3.05) is 0 Å². The number of hydrogen-bond donors (Lipinski definition) is 1. The molecule has 0 saturated heterocycles. The molecular formula is C6H6OSn. The Morgan fingerprint density at radius 1 is 1.12 bits per heavy atom. The maximum atomic E-state index is 8.71. The third-order valence-electron chi connectivity index (χ3n) is 0.903. The Bertz CT molecular complexity index is 150. The van der Waals surface area contributed by atoms with Gasteiger partial charge < -0.3 is 0 Å². The summed E-state index contributed by atoms with van der Waals surface area (Å²) in [5.41, 5.74) is 0. The Hall–Kier alpha value is -0.0213. The molecule has 0 saturated carbocycles. The van der Waals surface area contributed by atoms with Crippen molar-refractivity contribution >= 4 is 25.1 Å². The predicted octanol–water partition coefficient (Wildman–Crippen LogP) is -0.0766. The topological polar surface area (TPSA) is 20.2 Å². The molecule has 0 aliphatic carbocycles. The molecule has 0 amide bonds. The Labute approximate surface area is 59.1 Å². The normalized spacial score (nSPS) is 9.12. The molecule has 0 atom stereocenters. The van der Waals surface area contributed by atoms with E-state index in [4.69, 9.17) is 3.44 Å². The SMILES string of the molecule is [OH][Sn][c]1ccccc1. The fourth-order valence-corrected chi connectivity index (χ4v) is 1.49. The fraction of sp³-hybridized carbons (Fsp3) is 0. The molecule has 1 nitrogen and oxygen atoms in total. The second-order valence-electron chi connectivity index (χ2n) is 1.48. The van der Waals surface area contributed by atoms with Crippen LogP contribution in [0, 0.1) is 0 Å². The van der Waals surface area contributed by atoms with Crippen molar-refractivity contribution < 1.29 is 3.44 Å². The molecule has 1 N–H and O–H groups in total. The van der Waals surface area contributed by atoms with Crippen LogP contribution >= 0.6 is 0 Å². The van der Waals surface area contributed by atoms with Gasteiger partial charge in [0.05, 0.1) is 0 Å². The van der Waals surface area contributed by atoms with Crippen LogP contribution in [-0.2, 0) is 0 Å². The van der Waals surface area contributed by atoms with Gasteiger partial charge in [-0.3, -0.25) is 0 Å². The average molecular weight is 213 g/mol. The van der Waals surface area contributed by atoms with E-state index in [9.17, 15) is 0 Å². The van der Waals surface area contributed by atoms with Gasteiger partial charge in [0.25, 0.3) is 0 Å². The second kappa shape index (κ2) is 3.09. The molecular weight excluding hydrogens is 207 g/mol. The Balaban J connectivity index is 2.83. The Kier molecular flexibility index (Phi) is 2.36. The monoisotopic (exact) mass is 214 g/mol. The van der Waals surface area contributed by atoms with Gasteiger partial charge in [-0.2, -0.15) is 0 Å². The van der Waals surface area contributed by atoms with Crippen LogP contribution in [0.2, 0.25) is 0 Å². The Morgan fingerprint density at radius 2 is 1.75 bits per heavy atom. The van der Waals surface area contributed by atoms with Crippen molar-refractivity contribution in [3.63, 3.8) is 0 Å². The van der Waals surface area contributed by atoms with Gasteiger partial charge in [-0.1, -0.05) is 0 Å². The molecule has 0 fully saturated rings. The van der Waals surface area contributed by atoms with E-state index in [2.05, 4.69) is 0 Å². The van der Waals surface area contributed by atoms with Gasteiger partial charge in [-0.15, -0.1) is 0 Å². The van der Waals surface area contributed by atoms with Crippen molar-refractivity contribution in [3.8, 4) is 0 Å². The van der Waals surface area contributed by atoms with E-state index in [0.717, 1.165) is 3.58 Å². The third kappa shape index (κ3) is 1.49. The van der Waals surface area contributed by atoms with Gasteiger partial charge in [0.2, 0.25) is 0 Å². The number of hydrogen-bond acceptors (Lipinski definition) is 1. The number of benzene rings is 1. The summed E-state index contributed by atoms with van der Waals surface area (Å²) in [6, 6.07) is 9.79. The second-order valence-corrected chi connectivity index (χ2v) is 3.76. The van der Waals surface area contributed by atoms with Crippen LogP contribution in [0.1, 0.15) is 0 Å². The summed E-state index contributed by atoms with van der Waals surface area (Å²) < 4.78 is 9.84. The minimum absolute atomic E-state index is 1.14. The average Bonchev–Trinajstić information content (AvgIpc) is 1.90. The van der Waals surface area contributed by atoms with Crippen molar-refractivity contribution in [2.24, 2.45) is 0 Å². The summed E-state index contributed by atoms with van der Waals surface area (Å²) in [5, 5.41) is 0. The Morgan fingerprint density at radius 3 is 2.12 bits per heavy atom. The van der Waals surface area contributed by atoms with Gasteiger partial charge in [0.1, 0.15) is 0 Å². The van der Waals surface area contributed by atoms with Crippen LogP contribution in [0.4, 0.5) is 0 Å². The first-order valence-corrected chi connectivity index (χ1v) is 5.09. The van der Waals surface area contributed by atoms with Crippen molar-refractivity contribution in [3.05, 3.63) is 30.3 Å². The van der Waals surface area contributed by atoms with E-state index >= 15 is 0 Å². The van der Waals surface area contributed by atoms with Crippen LogP contribution in [0.5, 0.6) is 0 Å². The molecule has 1 aromatic rings. The van der Waals surface area contributed by atoms with Gasteiger partial charge in [0, 0.05) is 0 Å². The first-order valence-electron chi connectivity index (χ1n) is 2.38. The molecule has 0 aliphatic heterocycles. The van der Waals surface area contributed by atoms with Crippen LogP contribution in [-0.4, -0.2) is 25.0 Å². The zero-order valence-corrected chi connectivity index (χ0v) is 7.19. The van der Waals surface area contributed by atoms with Crippen LogP contribution in [0.3, 0.4) is 0 Å². The van der Waals surface area contributed by atoms with E-state index in [1.165, 1.54) is 0 Å². The van der Waals surface area contributed by atoms with Gasteiger partial charge in [-0.05, 0) is 0 Å². The van der Waals surface area contributed by atoms with Gasteiger partial charge >= 0.3 is 58.9 Å². The summed E-state index contributed by atoms with van der Waals surface area (Å²) in [7, 11) is 0. The standard InChI is InChI=1S/C6H5.H2O.Sn/c1-2-4-6-5-3-1;;/h1-5H;1H2;/q;;+1/p-1. The first-order chi connectivity index (χ1) is 3.93. The third-order valence-corrected chi connectivity index (χ3v) is 2.59. The van der Waals surface area contributed by atoms with Crippen LogP contribution in [0.15, 0.2) is 30.3 Å². The van der Waals surface area contributed by atoms with E-state index in [-0.39, 0.29) is 0 Å². The van der Waals surface area contributed by atoms with E-state index < -0.39 is 21.6 Å². The van der Waals surface area contributed by atoms with Crippen LogP contribution in [0.25, 0.3) is 0 Å². The first kappa shape index (κ1) is 6.10. The summed E-state index contributed by atoms with van der Waals surface area (Å²) in [6.45, 7) is 0. The van der Waals surface area contributed by atoms with E-state index in [0.29, 0.717) is 0 Å². The minimum atomic E-state index is -1.14. The molecule has 40 valence electrons. The molecule has 8 heavy (non-hydrogen) atoms. The molecule has 0 heterocycles. The molecule has 1 rings (SSSR count). The molecule has 1 aromatic carbocycles. The molecule has 2 radical (unpaired) electrons. The molecule has 0 spiro atoms. The molecule has 0 aliphatic rings. The van der Waals surface area contributed by atoms with Gasteiger partial charge in [-0.25, -0.2) is 0 Å². The molecule has 0 unspecified atom stereocenters. The summed E-state index contributed by atoms with van der Waals surface area (Å²) in [6.07, 6.45) is 0. The summed E-state index contributed by atoms with van der Waals surface area (Å²) >= 11 is -1.14. The zero-order chi connectivity index (χ0) is 5.82. The van der Waals surface area contributed by atoms with Crippen molar-refractivity contribution in [1.82, 2.24) is 0 Å². The molecule has 0 bridgehead atoms. The quantitative estimate of drug-likeness (QED) is 0.647. The summed E-state index contributed by atoms with van der Waals surface area (Å²) in [5.74, 6) is 0. The van der Waals surface area contributed by atoms with Crippen LogP contribution < -0.4 is 3.58 Å².